The van der Waals surface area contributed by atoms with Crippen LogP contribution in [0.2, 0.25) is 0 Å². The number of nitrogens with one attached hydrogen (secondary N) is 2. The zero-order valence-electron chi connectivity index (χ0n) is 15.9. The van der Waals surface area contributed by atoms with Crippen LogP contribution < -0.4 is 20.1 Å². The fourth-order valence-electron chi connectivity index (χ4n) is 2.39. The first kappa shape index (κ1) is 21.2. The second-order valence-electron chi connectivity index (χ2n) is 5.64. The molecule has 9 nitrogen and oxygen atoms in total. The van der Waals surface area contributed by atoms with Crippen LogP contribution in [0.25, 0.3) is 0 Å². The van der Waals surface area contributed by atoms with Crippen LogP contribution in [0.3, 0.4) is 0 Å². The monoisotopic (exact) mass is 407 g/mol. The first-order chi connectivity index (χ1) is 13.4. The molecule has 0 aliphatic heterocycles. The SMILES string of the molecule is COC(=O)CC(NC(=O)c1csc(NC(C)=O)n1)c1ccc(OC)c(OC)c1. The van der Waals surface area contributed by atoms with E-state index in [1.807, 2.05) is 0 Å². The van der Waals surface area contributed by atoms with Crippen LogP contribution >= 0.6 is 11.3 Å². The molecule has 0 aliphatic rings. The number of ether oxygens (including phenoxy) is 3. The summed E-state index contributed by atoms with van der Waals surface area (Å²) >= 11 is 1.13. The van der Waals surface area contributed by atoms with E-state index in [9.17, 15) is 14.4 Å². The number of esters is 1. The Morgan fingerprint density at radius 1 is 1.14 bits per heavy atom. The van der Waals surface area contributed by atoms with E-state index in [-0.39, 0.29) is 18.0 Å². The normalized spacial score (nSPS) is 11.3. The molecule has 0 saturated carbocycles. The quantitative estimate of drug-likeness (QED) is 0.644. The van der Waals surface area contributed by atoms with Gasteiger partial charge >= 0.3 is 5.97 Å². The molecule has 0 bridgehead atoms. The van der Waals surface area contributed by atoms with Gasteiger partial charge in [0.25, 0.3) is 5.91 Å². The highest BCUT2D eigenvalue weighted by molar-refractivity contribution is 7.14. The summed E-state index contributed by atoms with van der Waals surface area (Å²) in [5.41, 5.74) is 0.762. The number of amides is 2. The number of nitrogens with zero attached hydrogens (tertiary/aromatic N) is 1. The summed E-state index contributed by atoms with van der Waals surface area (Å²) in [5.74, 6) is -0.274. The van der Waals surface area contributed by atoms with Gasteiger partial charge in [-0.3, -0.25) is 14.4 Å². The van der Waals surface area contributed by atoms with Crippen molar-refractivity contribution in [1.29, 1.82) is 0 Å². The lowest BCUT2D eigenvalue weighted by Gasteiger charge is -2.19. The molecule has 10 heteroatoms. The zero-order valence-corrected chi connectivity index (χ0v) is 16.7. The second kappa shape index (κ2) is 9.70. The Morgan fingerprint density at radius 3 is 2.46 bits per heavy atom. The lowest BCUT2D eigenvalue weighted by atomic mass is 10.0. The molecule has 0 spiro atoms. The molecule has 1 atom stereocenters. The van der Waals surface area contributed by atoms with E-state index in [1.165, 1.54) is 33.6 Å². The minimum absolute atomic E-state index is 0.0829. The topological polar surface area (TPSA) is 116 Å². The predicted molar refractivity (Wildman–Crippen MR) is 103 cm³/mol. The molecule has 1 aromatic carbocycles. The van der Waals surface area contributed by atoms with Gasteiger partial charge in [0.05, 0.1) is 33.8 Å². The molecule has 1 unspecified atom stereocenters. The lowest BCUT2D eigenvalue weighted by Crippen LogP contribution is -2.30. The Bertz CT molecular complexity index is 867. The summed E-state index contributed by atoms with van der Waals surface area (Å²) in [4.78, 5) is 39.6. The predicted octanol–water partition coefficient (Wildman–Crippen LogP) is 2.15. The molecule has 0 radical (unpaired) electrons. The summed E-state index contributed by atoms with van der Waals surface area (Å²) in [6.45, 7) is 1.35. The van der Waals surface area contributed by atoms with Gasteiger partial charge in [-0.1, -0.05) is 6.07 Å². The number of methoxy groups -OCH3 is 3. The molecule has 0 aliphatic carbocycles. The van der Waals surface area contributed by atoms with Gasteiger partial charge < -0.3 is 24.8 Å². The molecule has 2 rings (SSSR count). The number of benzene rings is 1. The first-order valence-electron chi connectivity index (χ1n) is 8.20. The van der Waals surface area contributed by atoms with Gasteiger partial charge in [-0.05, 0) is 17.7 Å². The second-order valence-corrected chi connectivity index (χ2v) is 6.50. The molecule has 2 N–H and O–H groups in total. The van der Waals surface area contributed by atoms with Crippen molar-refractivity contribution >= 4 is 34.3 Å². The number of aromatic nitrogens is 1. The summed E-state index contributed by atoms with van der Waals surface area (Å²) < 4.78 is 15.2. The number of carbonyl (C=O) groups excluding carboxylic acids is 3. The fourth-order valence-corrected chi connectivity index (χ4v) is 3.13. The van der Waals surface area contributed by atoms with E-state index < -0.39 is 17.9 Å². The van der Waals surface area contributed by atoms with Crippen LogP contribution in [-0.4, -0.2) is 44.1 Å². The summed E-state index contributed by atoms with van der Waals surface area (Å²) in [7, 11) is 4.28. The van der Waals surface area contributed by atoms with Crippen LogP contribution in [0.5, 0.6) is 11.5 Å². The van der Waals surface area contributed by atoms with Crippen molar-refractivity contribution in [2.24, 2.45) is 0 Å². The van der Waals surface area contributed by atoms with Crippen LogP contribution in [0, 0.1) is 0 Å². The Hall–Kier alpha value is -3.14. The largest absolute Gasteiger partial charge is 0.493 e. The van der Waals surface area contributed by atoms with Gasteiger partial charge in [0.2, 0.25) is 5.91 Å². The Morgan fingerprint density at radius 2 is 1.86 bits per heavy atom. The minimum atomic E-state index is -0.675. The molecule has 1 heterocycles. The van der Waals surface area contributed by atoms with Crippen LogP contribution in [-0.2, 0) is 14.3 Å². The molecule has 1 aromatic heterocycles. The first-order valence-corrected chi connectivity index (χ1v) is 9.08. The third-order valence-corrected chi connectivity index (χ3v) is 4.49. The summed E-state index contributed by atoms with van der Waals surface area (Å²) in [6, 6.07) is 4.41. The maximum absolute atomic E-state index is 12.6. The van der Waals surface area contributed by atoms with Crippen molar-refractivity contribution in [1.82, 2.24) is 10.3 Å². The molecule has 0 saturated heterocycles. The van der Waals surface area contributed by atoms with Gasteiger partial charge in [0.15, 0.2) is 16.6 Å². The maximum Gasteiger partial charge on any atom is 0.307 e. The number of hydrogen-bond donors (Lipinski definition) is 2. The smallest absolute Gasteiger partial charge is 0.307 e. The number of carbonyl (C=O) groups is 3. The zero-order chi connectivity index (χ0) is 20.7. The van der Waals surface area contributed by atoms with E-state index in [1.54, 1.807) is 18.2 Å². The van der Waals surface area contributed by atoms with E-state index in [2.05, 4.69) is 15.6 Å². The van der Waals surface area contributed by atoms with Crippen molar-refractivity contribution < 1.29 is 28.6 Å². The Kier molecular flexibility index (Phi) is 7.33. The van der Waals surface area contributed by atoms with Crippen LogP contribution in [0.1, 0.15) is 35.4 Å². The van der Waals surface area contributed by atoms with E-state index in [0.717, 1.165) is 11.3 Å². The molecule has 2 amide bonds. The van der Waals surface area contributed by atoms with Gasteiger partial charge in [-0.25, -0.2) is 4.98 Å². The van der Waals surface area contributed by atoms with Crippen molar-refractivity contribution in [3.63, 3.8) is 0 Å². The highest BCUT2D eigenvalue weighted by Gasteiger charge is 2.22. The molecule has 150 valence electrons. The van der Waals surface area contributed by atoms with E-state index in [4.69, 9.17) is 14.2 Å². The van der Waals surface area contributed by atoms with Crippen molar-refractivity contribution in [2.75, 3.05) is 26.6 Å². The number of hydrogen-bond acceptors (Lipinski definition) is 8. The average Bonchev–Trinajstić information content (AvgIpc) is 3.14. The minimum Gasteiger partial charge on any atom is -0.493 e. The Balaban J connectivity index is 2.25. The molecule has 2 aromatic rings. The number of thiazole rings is 1. The average molecular weight is 407 g/mol. The van der Waals surface area contributed by atoms with Gasteiger partial charge in [0, 0.05) is 12.3 Å². The summed E-state index contributed by atoms with van der Waals surface area (Å²) in [5, 5.41) is 7.12. The Labute approximate surface area is 166 Å². The molecular formula is C18H21N3O6S. The highest BCUT2D eigenvalue weighted by Crippen LogP contribution is 2.31. The summed E-state index contributed by atoms with van der Waals surface area (Å²) in [6.07, 6.45) is -0.0829. The van der Waals surface area contributed by atoms with Crippen LogP contribution in [0.15, 0.2) is 23.6 Å². The van der Waals surface area contributed by atoms with Gasteiger partial charge in [-0.15, -0.1) is 11.3 Å². The van der Waals surface area contributed by atoms with Crippen LogP contribution in [0.4, 0.5) is 5.13 Å². The number of rotatable bonds is 8. The molecule has 28 heavy (non-hydrogen) atoms. The van der Waals surface area contributed by atoms with Crippen molar-refractivity contribution in [3.8, 4) is 11.5 Å². The fraction of sp³-hybridized carbons (Fsp3) is 0.333. The standard InChI is InChI=1S/C18H21N3O6S/c1-10(22)19-18-21-13(9-28-18)17(24)20-12(8-16(23)27-4)11-5-6-14(25-2)15(7-11)26-3/h5-7,9,12H,8H2,1-4H3,(H,20,24)(H,19,21,22). The molecule has 0 fully saturated rings. The number of anilines is 1. The highest BCUT2D eigenvalue weighted by atomic mass is 32.1. The molecular weight excluding hydrogens is 386 g/mol. The lowest BCUT2D eigenvalue weighted by molar-refractivity contribution is -0.141. The van der Waals surface area contributed by atoms with Crippen molar-refractivity contribution in [2.45, 2.75) is 19.4 Å². The van der Waals surface area contributed by atoms with Crippen molar-refractivity contribution in [3.05, 3.63) is 34.8 Å². The maximum atomic E-state index is 12.6. The van der Waals surface area contributed by atoms with E-state index >= 15 is 0 Å². The van der Waals surface area contributed by atoms with Gasteiger partial charge in [0.1, 0.15) is 5.69 Å². The third-order valence-electron chi connectivity index (χ3n) is 3.73. The van der Waals surface area contributed by atoms with E-state index in [0.29, 0.717) is 22.2 Å². The third kappa shape index (κ3) is 5.43. The van der Waals surface area contributed by atoms with Gasteiger partial charge in [-0.2, -0.15) is 0 Å².